The van der Waals surface area contributed by atoms with Crippen molar-refractivity contribution in [3.8, 4) is 0 Å². The lowest BCUT2D eigenvalue weighted by Gasteiger charge is -2.24. The summed E-state index contributed by atoms with van der Waals surface area (Å²) in [6, 6.07) is 8.97. The van der Waals surface area contributed by atoms with Gasteiger partial charge in [0, 0.05) is 32.1 Å². The van der Waals surface area contributed by atoms with E-state index in [0.717, 1.165) is 6.42 Å². The number of amides is 1. The van der Waals surface area contributed by atoms with Crippen LogP contribution in [0.4, 0.5) is 0 Å². The summed E-state index contributed by atoms with van der Waals surface area (Å²) in [6.45, 7) is 2.24. The molecule has 1 aromatic carbocycles. The lowest BCUT2D eigenvalue weighted by atomic mass is 10.3. The van der Waals surface area contributed by atoms with Gasteiger partial charge >= 0.3 is 5.76 Å². The maximum atomic E-state index is 12.8. The summed E-state index contributed by atoms with van der Waals surface area (Å²) in [7, 11) is 0. The second kappa shape index (κ2) is 7.17. The number of fused-ring (bicyclic) bond motifs is 1. The number of benzene rings is 1. The van der Waals surface area contributed by atoms with Crippen LogP contribution in [0, 0.1) is 0 Å². The summed E-state index contributed by atoms with van der Waals surface area (Å²) >= 11 is 0. The molecule has 4 rings (SSSR count). The SMILES string of the molecule is O=C(Cn1c(=O)oc2ccccc21)N1CCCO[C@H](Cn2cccn2)C1. The van der Waals surface area contributed by atoms with Crippen LogP contribution in [-0.4, -0.2) is 51.0 Å². The van der Waals surface area contributed by atoms with Crippen molar-refractivity contribution in [1.82, 2.24) is 19.2 Å². The van der Waals surface area contributed by atoms with Gasteiger partial charge in [-0.25, -0.2) is 4.79 Å². The summed E-state index contributed by atoms with van der Waals surface area (Å²) in [4.78, 5) is 26.7. The normalized spacial score (nSPS) is 18.2. The van der Waals surface area contributed by atoms with E-state index in [1.807, 2.05) is 18.3 Å². The van der Waals surface area contributed by atoms with Gasteiger partial charge in [-0.05, 0) is 24.6 Å². The first-order valence-electron chi connectivity index (χ1n) is 8.66. The average Bonchev–Trinajstić information content (AvgIpc) is 3.17. The molecule has 136 valence electrons. The predicted octanol–water partition coefficient (Wildman–Crippen LogP) is 1.11. The molecule has 1 atom stereocenters. The lowest BCUT2D eigenvalue weighted by Crippen LogP contribution is -2.41. The summed E-state index contributed by atoms with van der Waals surface area (Å²) in [5.74, 6) is -0.631. The zero-order valence-electron chi connectivity index (χ0n) is 14.3. The van der Waals surface area contributed by atoms with Crippen LogP contribution >= 0.6 is 0 Å². The van der Waals surface area contributed by atoms with E-state index in [4.69, 9.17) is 9.15 Å². The van der Waals surface area contributed by atoms with Crippen molar-refractivity contribution in [1.29, 1.82) is 0 Å². The van der Waals surface area contributed by atoms with Gasteiger partial charge in [-0.15, -0.1) is 0 Å². The number of aromatic nitrogens is 3. The topological polar surface area (TPSA) is 82.5 Å². The third-order valence-corrected chi connectivity index (χ3v) is 4.52. The molecule has 0 saturated carbocycles. The number of carbonyl (C=O) groups excluding carboxylic acids is 1. The minimum absolute atomic E-state index is 0.0374. The molecule has 0 unspecified atom stereocenters. The molecule has 26 heavy (non-hydrogen) atoms. The predicted molar refractivity (Wildman–Crippen MR) is 93.6 cm³/mol. The fourth-order valence-corrected chi connectivity index (χ4v) is 3.25. The van der Waals surface area contributed by atoms with Gasteiger partial charge in [-0.2, -0.15) is 5.10 Å². The van der Waals surface area contributed by atoms with E-state index in [-0.39, 0.29) is 18.6 Å². The van der Waals surface area contributed by atoms with Crippen molar-refractivity contribution in [2.45, 2.75) is 25.6 Å². The van der Waals surface area contributed by atoms with Crippen molar-refractivity contribution in [2.75, 3.05) is 19.7 Å². The molecule has 3 aromatic rings. The molecule has 0 radical (unpaired) electrons. The van der Waals surface area contributed by atoms with E-state index in [0.29, 0.717) is 37.3 Å². The third-order valence-electron chi connectivity index (χ3n) is 4.52. The maximum absolute atomic E-state index is 12.8. The highest BCUT2D eigenvalue weighted by atomic mass is 16.5. The van der Waals surface area contributed by atoms with Gasteiger partial charge in [-0.3, -0.25) is 14.0 Å². The fraction of sp³-hybridized carbons (Fsp3) is 0.389. The van der Waals surface area contributed by atoms with Crippen molar-refractivity contribution in [3.05, 3.63) is 53.3 Å². The van der Waals surface area contributed by atoms with Crippen LogP contribution < -0.4 is 5.76 Å². The number of ether oxygens (including phenoxy) is 1. The number of hydrogen-bond acceptors (Lipinski definition) is 5. The van der Waals surface area contributed by atoms with Crippen molar-refractivity contribution >= 4 is 17.0 Å². The second-order valence-electron chi connectivity index (χ2n) is 6.34. The Morgan fingerprint density at radius 2 is 2.15 bits per heavy atom. The van der Waals surface area contributed by atoms with Crippen LogP contribution in [0.3, 0.4) is 0 Å². The Bertz CT molecular complexity index is 944. The molecule has 8 nitrogen and oxygen atoms in total. The van der Waals surface area contributed by atoms with Gasteiger partial charge in [0.25, 0.3) is 0 Å². The summed E-state index contributed by atoms with van der Waals surface area (Å²) in [5.41, 5.74) is 1.12. The minimum Gasteiger partial charge on any atom is -0.408 e. The summed E-state index contributed by atoms with van der Waals surface area (Å²) < 4.78 is 14.2. The smallest absolute Gasteiger partial charge is 0.408 e. The summed E-state index contributed by atoms with van der Waals surface area (Å²) in [6.07, 6.45) is 4.23. The summed E-state index contributed by atoms with van der Waals surface area (Å²) in [5, 5.41) is 4.19. The van der Waals surface area contributed by atoms with Gasteiger partial charge < -0.3 is 14.1 Å². The minimum atomic E-state index is -0.515. The number of rotatable bonds is 4. The number of hydrogen-bond donors (Lipinski definition) is 0. The highest BCUT2D eigenvalue weighted by Crippen LogP contribution is 2.13. The number of nitrogens with zero attached hydrogens (tertiary/aromatic N) is 4. The van der Waals surface area contributed by atoms with E-state index in [1.54, 1.807) is 34.0 Å². The Kier molecular flexibility index (Phi) is 4.57. The molecule has 1 saturated heterocycles. The van der Waals surface area contributed by atoms with Crippen LogP contribution in [0.1, 0.15) is 6.42 Å². The molecular formula is C18H20N4O4. The molecule has 3 heterocycles. The Labute approximate surface area is 149 Å². The Morgan fingerprint density at radius 3 is 3.00 bits per heavy atom. The Morgan fingerprint density at radius 1 is 1.27 bits per heavy atom. The molecule has 2 aromatic heterocycles. The number of oxazole rings is 1. The molecule has 0 aliphatic carbocycles. The fourth-order valence-electron chi connectivity index (χ4n) is 3.25. The molecule has 1 aliphatic heterocycles. The first kappa shape index (κ1) is 16.6. The molecule has 1 fully saturated rings. The Balaban J connectivity index is 1.49. The van der Waals surface area contributed by atoms with E-state index in [1.165, 1.54) is 4.57 Å². The van der Waals surface area contributed by atoms with Gasteiger partial charge in [0.05, 0.1) is 18.2 Å². The number of carbonyl (C=O) groups is 1. The van der Waals surface area contributed by atoms with Crippen LogP contribution in [-0.2, 0) is 22.6 Å². The zero-order valence-corrected chi connectivity index (χ0v) is 14.3. The molecule has 0 N–H and O–H groups in total. The molecular weight excluding hydrogens is 336 g/mol. The molecule has 1 amide bonds. The third kappa shape index (κ3) is 3.41. The quantitative estimate of drug-likeness (QED) is 0.699. The zero-order chi connectivity index (χ0) is 17.9. The molecule has 0 bridgehead atoms. The first-order chi connectivity index (χ1) is 12.7. The van der Waals surface area contributed by atoms with Gasteiger partial charge in [0.1, 0.15) is 6.54 Å². The molecule has 8 heteroatoms. The first-order valence-corrected chi connectivity index (χ1v) is 8.66. The average molecular weight is 356 g/mol. The maximum Gasteiger partial charge on any atom is 0.420 e. The highest BCUT2D eigenvalue weighted by molar-refractivity contribution is 5.79. The van der Waals surface area contributed by atoms with E-state index < -0.39 is 5.76 Å². The largest absolute Gasteiger partial charge is 0.420 e. The standard InChI is InChI=1S/C18H20N4O4/c23-17(13-22-15-5-1-2-6-16(15)26-18(22)24)20-8-4-10-25-14(11-20)12-21-9-3-7-19-21/h1-3,5-7,9,14H,4,8,10-13H2/t14-/m0/s1. The van der Waals surface area contributed by atoms with E-state index >= 15 is 0 Å². The van der Waals surface area contributed by atoms with E-state index in [9.17, 15) is 9.59 Å². The van der Waals surface area contributed by atoms with E-state index in [2.05, 4.69) is 5.10 Å². The van der Waals surface area contributed by atoms with Crippen LogP contribution in [0.5, 0.6) is 0 Å². The van der Waals surface area contributed by atoms with Gasteiger partial charge in [0.2, 0.25) is 5.91 Å². The van der Waals surface area contributed by atoms with Gasteiger partial charge in [0.15, 0.2) is 5.58 Å². The van der Waals surface area contributed by atoms with Crippen molar-refractivity contribution in [2.24, 2.45) is 0 Å². The van der Waals surface area contributed by atoms with Gasteiger partial charge in [-0.1, -0.05) is 12.1 Å². The molecule has 0 spiro atoms. The van der Waals surface area contributed by atoms with Crippen LogP contribution in [0.25, 0.3) is 11.1 Å². The highest BCUT2D eigenvalue weighted by Gasteiger charge is 2.24. The molecule has 1 aliphatic rings. The van der Waals surface area contributed by atoms with Crippen molar-refractivity contribution in [3.63, 3.8) is 0 Å². The lowest BCUT2D eigenvalue weighted by molar-refractivity contribution is -0.132. The van der Waals surface area contributed by atoms with Crippen LogP contribution in [0.15, 0.2) is 51.9 Å². The number of para-hydroxylation sites is 2. The monoisotopic (exact) mass is 356 g/mol. The Hall–Kier alpha value is -2.87. The van der Waals surface area contributed by atoms with Crippen molar-refractivity contribution < 1.29 is 13.9 Å². The second-order valence-corrected chi connectivity index (χ2v) is 6.34. The van der Waals surface area contributed by atoms with Crippen LogP contribution in [0.2, 0.25) is 0 Å².